The standard InChI is InChI=1S/C15H24N2OS/c1-11-9-13(12(2)19-11)5-3-7-15(18)17-10-14-6-4-8-16-14/h9,14,16H,3-8,10H2,1-2H3,(H,17,18). The fraction of sp³-hybridized carbons (Fsp3) is 0.667. The second kappa shape index (κ2) is 7.06. The predicted octanol–water partition coefficient (Wildman–Crippen LogP) is 2.56. The van der Waals surface area contributed by atoms with Gasteiger partial charge in [0.15, 0.2) is 0 Å². The summed E-state index contributed by atoms with van der Waals surface area (Å²) in [5.74, 6) is 0.193. The summed E-state index contributed by atoms with van der Waals surface area (Å²) in [5, 5.41) is 6.42. The quantitative estimate of drug-likeness (QED) is 0.841. The normalized spacial score (nSPS) is 18.7. The van der Waals surface area contributed by atoms with E-state index in [-0.39, 0.29) is 5.91 Å². The van der Waals surface area contributed by atoms with Gasteiger partial charge in [0.25, 0.3) is 0 Å². The summed E-state index contributed by atoms with van der Waals surface area (Å²) in [5.41, 5.74) is 1.41. The van der Waals surface area contributed by atoms with Gasteiger partial charge in [-0.2, -0.15) is 0 Å². The zero-order chi connectivity index (χ0) is 13.7. The molecule has 0 spiro atoms. The van der Waals surface area contributed by atoms with Crippen LogP contribution >= 0.6 is 11.3 Å². The number of carbonyl (C=O) groups is 1. The molecule has 4 heteroatoms. The Morgan fingerprint density at radius 2 is 2.37 bits per heavy atom. The van der Waals surface area contributed by atoms with Gasteiger partial charge in [-0.1, -0.05) is 0 Å². The van der Waals surface area contributed by atoms with Crippen molar-refractivity contribution in [3.63, 3.8) is 0 Å². The number of hydrogen-bond donors (Lipinski definition) is 2. The molecule has 3 nitrogen and oxygen atoms in total. The van der Waals surface area contributed by atoms with Crippen LogP contribution in [0.5, 0.6) is 0 Å². The Balaban J connectivity index is 1.62. The maximum Gasteiger partial charge on any atom is 0.220 e. The molecule has 1 unspecified atom stereocenters. The topological polar surface area (TPSA) is 41.1 Å². The Kier molecular flexibility index (Phi) is 5.40. The summed E-state index contributed by atoms with van der Waals surface area (Å²) in [6.45, 7) is 6.19. The molecule has 1 aromatic rings. The van der Waals surface area contributed by atoms with E-state index in [0.717, 1.165) is 25.9 Å². The lowest BCUT2D eigenvalue weighted by atomic mass is 10.1. The molecular weight excluding hydrogens is 256 g/mol. The molecule has 0 radical (unpaired) electrons. The van der Waals surface area contributed by atoms with Gasteiger partial charge in [-0.05, 0) is 57.7 Å². The molecule has 0 bridgehead atoms. The number of amides is 1. The lowest BCUT2D eigenvalue weighted by molar-refractivity contribution is -0.121. The molecule has 2 heterocycles. The van der Waals surface area contributed by atoms with Crippen LogP contribution in [0.2, 0.25) is 0 Å². The maximum atomic E-state index is 11.7. The minimum Gasteiger partial charge on any atom is -0.355 e. The SMILES string of the molecule is Cc1cc(CCCC(=O)NCC2CCCN2)c(C)s1. The molecule has 1 amide bonds. The van der Waals surface area contributed by atoms with Crippen LogP contribution in [0, 0.1) is 13.8 Å². The Labute approximate surface area is 119 Å². The van der Waals surface area contributed by atoms with Gasteiger partial charge in [0, 0.05) is 28.8 Å². The van der Waals surface area contributed by atoms with Gasteiger partial charge in [-0.15, -0.1) is 11.3 Å². The number of rotatable bonds is 6. The Morgan fingerprint density at radius 1 is 1.53 bits per heavy atom. The van der Waals surface area contributed by atoms with Crippen molar-refractivity contribution in [1.29, 1.82) is 0 Å². The summed E-state index contributed by atoms with van der Waals surface area (Å²) in [4.78, 5) is 14.5. The van der Waals surface area contributed by atoms with Crippen LogP contribution in [0.1, 0.15) is 41.0 Å². The minimum atomic E-state index is 0.193. The van der Waals surface area contributed by atoms with E-state index in [9.17, 15) is 4.79 Å². The van der Waals surface area contributed by atoms with Crippen molar-refractivity contribution in [1.82, 2.24) is 10.6 Å². The van der Waals surface area contributed by atoms with Gasteiger partial charge in [-0.25, -0.2) is 0 Å². The first-order valence-corrected chi connectivity index (χ1v) is 8.03. The molecule has 0 saturated carbocycles. The predicted molar refractivity (Wildman–Crippen MR) is 80.8 cm³/mol. The van der Waals surface area contributed by atoms with Crippen molar-refractivity contribution in [2.75, 3.05) is 13.1 Å². The zero-order valence-corrected chi connectivity index (χ0v) is 12.7. The third-order valence-corrected chi connectivity index (χ3v) is 4.71. The highest BCUT2D eigenvalue weighted by atomic mass is 32.1. The van der Waals surface area contributed by atoms with Gasteiger partial charge < -0.3 is 10.6 Å². The molecule has 19 heavy (non-hydrogen) atoms. The number of nitrogens with one attached hydrogen (secondary N) is 2. The summed E-state index contributed by atoms with van der Waals surface area (Å²) in [7, 11) is 0. The van der Waals surface area contributed by atoms with Gasteiger partial charge in [0.2, 0.25) is 5.91 Å². The third-order valence-electron chi connectivity index (χ3n) is 3.70. The summed E-state index contributed by atoms with van der Waals surface area (Å²) in [6, 6.07) is 2.74. The van der Waals surface area contributed by atoms with E-state index < -0.39 is 0 Å². The second-order valence-corrected chi connectivity index (χ2v) is 6.85. The van der Waals surface area contributed by atoms with Crippen LogP contribution in [0.4, 0.5) is 0 Å². The average molecular weight is 280 g/mol. The van der Waals surface area contributed by atoms with Gasteiger partial charge in [-0.3, -0.25) is 4.79 Å². The molecule has 0 aromatic carbocycles. The van der Waals surface area contributed by atoms with E-state index in [1.54, 1.807) is 0 Å². The van der Waals surface area contributed by atoms with Crippen molar-refractivity contribution in [3.05, 3.63) is 21.4 Å². The Bertz CT molecular complexity index is 422. The number of carbonyl (C=O) groups excluding carboxylic acids is 1. The highest BCUT2D eigenvalue weighted by Gasteiger charge is 2.14. The van der Waals surface area contributed by atoms with Crippen molar-refractivity contribution in [3.8, 4) is 0 Å². The number of thiophene rings is 1. The van der Waals surface area contributed by atoms with Crippen LogP contribution in [0.15, 0.2) is 6.07 Å². The van der Waals surface area contributed by atoms with E-state index >= 15 is 0 Å². The van der Waals surface area contributed by atoms with Crippen LogP contribution in [0.3, 0.4) is 0 Å². The molecule has 106 valence electrons. The van der Waals surface area contributed by atoms with E-state index in [1.165, 1.54) is 28.2 Å². The Morgan fingerprint density at radius 3 is 3.00 bits per heavy atom. The van der Waals surface area contributed by atoms with Crippen LogP contribution in [0.25, 0.3) is 0 Å². The molecular formula is C15H24N2OS. The lowest BCUT2D eigenvalue weighted by Gasteiger charge is -2.11. The van der Waals surface area contributed by atoms with E-state index in [2.05, 4.69) is 30.5 Å². The third kappa shape index (κ3) is 4.62. The number of hydrogen-bond acceptors (Lipinski definition) is 3. The highest BCUT2D eigenvalue weighted by Crippen LogP contribution is 2.22. The van der Waals surface area contributed by atoms with Crippen molar-refractivity contribution >= 4 is 17.2 Å². The van der Waals surface area contributed by atoms with Crippen LogP contribution < -0.4 is 10.6 Å². The van der Waals surface area contributed by atoms with Crippen molar-refractivity contribution in [2.24, 2.45) is 0 Å². The summed E-state index contributed by atoms with van der Waals surface area (Å²) < 4.78 is 0. The molecule has 1 saturated heterocycles. The fourth-order valence-corrected chi connectivity index (χ4v) is 3.60. The average Bonchev–Trinajstić information content (AvgIpc) is 2.97. The first kappa shape index (κ1) is 14.5. The molecule has 1 aliphatic rings. The second-order valence-electron chi connectivity index (χ2n) is 5.39. The largest absolute Gasteiger partial charge is 0.355 e. The van der Waals surface area contributed by atoms with Crippen LogP contribution in [-0.2, 0) is 11.2 Å². The first-order chi connectivity index (χ1) is 9.15. The molecule has 1 aromatic heterocycles. The van der Waals surface area contributed by atoms with Gasteiger partial charge in [0.05, 0.1) is 0 Å². The van der Waals surface area contributed by atoms with E-state index in [0.29, 0.717) is 12.5 Å². The molecule has 1 aliphatic heterocycles. The molecule has 1 fully saturated rings. The summed E-state index contributed by atoms with van der Waals surface area (Å²) >= 11 is 1.85. The minimum absolute atomic E-state index is 0.193. The highest BCUT2D eigenvalue weighted by molar-refractivity contribution is 7.12. The summed E-state index contributed by atoms with van der Waals surface area (Å²) in [6.07, 6.45) is 5.03. The molecule has 2 rings (SSSR count). The van der Waals surface area contributed by atoms with Crippen molar-refractivity contribution in [2.45, 2.75) is 52.0 Å². The van der Waals surface area contributed by atoms with E-state index in [4.69, 9.17) is 0 Å². The lowest BCUT2D eigenvalue weighted by Crippen LogP contribution is -2.37. The molecule has 1 atom stereocenters. The molecule has 0 aliphatic carbocycles. The first-order valence-electron chi connectivity index (χ1n) is 7.21. The van der Waals surface area contributed by atoms with Crippen molar-refractivity contribution < 1.29 is 4.79 Å². The van der Waals surface area contributed by atoms with Gasteiger partial charge >= 0.3 is 0 Å². The monoisotopic (exact) mass is 280 g/mol. The maximum absolute atomic E-state index is 11.7. The number of aryl methyl sites for hydroxylation is 3. The zero-order valence-electron chi connectivity index (χ0n) is 11.9. The van der Waals surface area contributed by atoms with Gasteiger partial charge in [0.1, 0.15) is 0 Å². The smallest absolute Gasteiger partial charge is 0.220 e. The Hall–Kier alpha value is -0.870. The van der Waals surface area contributed by atoms with E-state index in [1.807, 2.05) is 11.3 Å². The van der Waals surface area contributed by atoms with Crippen LogP contribution in [-0.4, -0.2) is 25.0 Å². The fourth-order valence-electron chi connectivity index (χ4n) is 2.63. The molecule has 2 N–H and O–H groups in total.